The maximum Gasteiger partial charge on any atom is 0.273 e. The van der Waals surface area contributed by atoms with Crippen LogP contribution in [-0.4, -0.2) is 40.5 Å². The second-order valence-electron chi connectivity index (χ2n) is 9.58. The van der Waals surface area contributed by atoms with Gasteiger partial charge in [-0.15, -0.1) is 0 Å². The largest absolute Gasteiger partial charge is 0.368 e. The van der Waals surface area contributed by atoms with Crippen molar-refractivity contribution < 1.29 is 14.0 Å². The number of primary amides is 1. The van der Waals surface area contributed by atoms with E-state index in [4.69, 9.17) is 5.73 Å². The number of halogens is 1. The van der Waals surface area contributed by atoms with Crippen LogP contribution in [0.3, 0.4) is 0 Å². The van der Waals surface area contributed by atoms with Gasteiger partial charge < -0.3 is 16.4 Å². The molecule has 0 aliphatic heterocycles. The highest BCUT2D eigenvalue weighted by molar-refractivity contribution is 5.80. The number of rotatable bonds is 12. The lowest BCUT2D eigenvalue weighted by Gasteiger charge is -2.21. The quantitative estimate of drug-likeness (QED) is 0.255. The van der Waals surface area contributed by atoms with E-state index in [-0.39, 0.29) is 30.6 Å². The number of hydrogen-bond donors (Lipinski definition) is 3. The first-order chi connectivity index (χ1) is 19.3. The minimum Gasteiger partial charge on any atom is -0.368 e. The summed E-state index contributed by atoms with van der Waals surface area (Å²) in [4.78, 5) is 43.1. The average Bonchev–Trinajstić information content (AvgIpc) is 2.95. The van der Waals surface area contributed by atoms with Crippen molar-refractivity contribution >= 4 is 11.8 Å². The maximum atomic E-state index is 13.6. The topological polar surface area (TPSA) is 119 Å². The van der Waals surface area contributed by atoms with E-state index in [2.05, 4.69) is 15.6 Å². The number of amides is 2. The van der Waals surface area contributed by atoms with E-state index in [1.165, 1.54) is 35.0 Å². The van der Waals surface area contributed by atoms with Crippen LogP contribution in [0.5, 0.6) is 0 Å². The minimum absolute atomic E-state index is 0.0410. The van der Waals surface area contributed by atoms with Gasteiger partial charge >= 0.3 is 0 Å². The molecule has 0 aliphatic rings. The number of hydrogen-bond acceptors (Lipinski definition) is 5. The lowest BCUT2D eigenvalue weighted by molar-refractivity contribution is -0.122. The summed E-state index contributed by atoms with van der Waals surface area (Å²) in [5.41, 5.74) is 8.02. The summed E-state index contributed by atoms with van der Waals surface area (Å²) in [5.74, 6) is -1.41. The van der Waals surface area contributed by atoms with Crippen LogP contribution in [0.2, 0.25) is 0 Å². The summed E-state index contributed by atoms with van der Waals surface area (Å²) in [7, 11) is 1.56. The molecule has 1 heterocycles. The summed E-state index contributed by atoms with van der Waals surface area (Å²) >= 11 is 0. The number of aromatic nitrogens is 2. The summed E-state index contributed by atoms with van der Waals surface area (Å²) in [6.07, 6.45) is 2.62. The third-order valence-electron chi connectivity index (χ3n) is 6.67. The molecule has 4 rings (SSSR count). The van der Waals surface area contributed by atoms with Gasteiger partial charge in [-0.1, -0.05) is 60.7 Å². The number of carbonyl (C=O) groups excluding carboxylic acids is 2. The highest BCUT2D eigenvalue weighted by atomic mass is 19.1. The summed E-state index contributed by atoms with van der Waals surface area (Å²) in [6.45, 7) is -0.290. The number of nitrogens with two attached hydrogens (primary N) is 1. The van der Waals surface area contributed by atoms with E-state index in [0.717, 1.165) is 11.1 Å². The van der Waals surface area contributed by atoms with E-state index < -0.39 is 23.3 Å². The lowest BCUT2D eigenvalue weighted by Crippen LogP contribution is -2.44. The second kappa shape index (κ2) is 13.4. The van der Waals surface area contributed by atoms with Gasteiger partial charge in [0.2, 0.25) is 11.8 Å². The van der Waals surface area contributed by atoms with E-state index >= 15 is 0 Å². The van der Waals surface area contributed by atoms with Crippen LogP contribution in [0.25, 0.3) is 11.3 Å². The predicted molar refractivity (Wildman–Crippen MR) is 152 cm³/mol. The van der Waals surface area contributed by atoms with Gasteiger partial charge in [0.05, 0.1) is 17.9 Å². The Morgan fingerprint density at radius 3 is 2.00 bits per heavy atom. The molecule has 0 saturated carbocycles. The predicted octanol–water partition coefficient (Wildman–Crippen LogP) is 2.64. The Labute approximate surface area is 232 Å². The van der Waals surface area contributed by atoms with Crippen LogP contribution in [0.4, 0.5) is 4.39 Å². The molecule has 0 fully saturated rings. The summed E-state index contributed by atoms with van der Waals surface area (Å²) in [6, 6.07) is 24.3. The van der Waals surface area contributed by atoms with Crippen LogP contribution in [-0.2, 0) is 35.4 Å². The molecule has 0 saturated heterocycles. The van der Waals surface area contributed by atoms with Crippen LogP contribution in [0, 0.1) is 5.82 Å². The van der Waals surface area contributed by atoms with Crippen molar-refractivity contribution in [2.24, 2.45) is 5.73 Å². The molecule has 2 amide bonds. The molecular formula is C31H32FN5O3. The summed E-state index contributed by atoms with van der Waals surface area (Å²) < 4.78 is 14.9. The first kappa shape index (κ1) is 28.4. The number of carbonyl (C=O) groups is 2. The van der Waals surface area contributed by atoms with E-state index in [1.54, 1.807) is 7.05 Å². The summed E-state index contributed by atoms with van der Waals surface area (Å²) in [5, 5.41) is 5.88. The van der Waals surface area contributed by atoms with Gasteiger partial charge in [-0.05, 0) is 55.3 Å². The molecule has 4 aromatic rings. The fraction of sp³-hybridized carbons (Fsp3) is 0.226. The van der Waals surface area contributed by atoms with Gasteiger partial charge in [0.25, 0.3) is 5.56 Å². The number of nitrogens with one attached hydrogen (secondary N) is 2. The Morgan fingerprint density at radius 1 is 0.900 bits per heavy atom. The molecule has 206 valence electrons. The number of benzene rings is 3. The first-order valence-electron chi connectivity index (χ1n) is 13.0. The molecule has 0 radical (unpaired) electrons. The Hall–Kier alpha value is -4.63. The molecule has 0 spiro atoms. The fourth-order valence-electron chi connectivity index (χ4n) is 4.60. The molecule has 9 heteroatoms. The van der Waals surface area contributed by atoms with Gasteiger partial charge in [-0.3, -0.25) is 23.9 Å². The Bertz CT molecular complexity index is 1450. The van der Waals surface area contributed by atoms with Gasteiger partial charge in [-0.2, -0.15) is 0 Å². The van der Waals surface area contributed by atoms with Crippen LogP contribution < -0.4 is 21.9 Å². The fourth-order valence-corrected chi connectivity index (χ4v) is 4.60. The zero-order valence-electron chi connectivity index (χ0n) is 22.2. The van der Waals surface area contributed by atoms with E-state index in [9.17, 15) is 18.8 Å². The molecule has 8 nitrogen and oxygen atoms in total. The third-order valence-corrected chi connectivity index (χ3v) is 6.67. The smallest absolute Gasteiger partial charge is 0.273 e. The van der Waals surface area contributed by atoms with Crippen molar-refractivity contribution in [2.75, 3.05) is 7.05 Å². The van der Waals surface area contributed by atoms with E-state index in [1.807, 2.05) is 60.7 Å². The zero-order valence-corrected chi connectivity index (χ0v) is 22.2. The normalized spacial score (nSPS) is 11.8. The Kier molecular flexibility index (Phi) is 9.53. The average molecular weight is 542 g/mol. The number of nitrogens with zero attached hydrogens (tertiary/aromatic N) is 2. The molecule has 0 unspecified atom stereocenters. The molecule has 1 atom stereocenters. The molecule has 3 aromatic carbocycles. The van der Waals surface area contributed by atoms with Gasteiger partial charge in [0.15, 0.2) is 0 Å². The van der Waals surface area contributed by atoms with Crippen LogP contribution in [0.15, 0.2) is 95.9 Å². The SMILES string of the molecule is CN[C@@H](Cc1ncc(-c2ccc(F)cc2)n(CC(=O)NC(Cc2ccccc2)Cc2ccccc2)c1=O)C(N)=O. The van der Waals surface area contributed by atoms with Crippen LogP contribution >= 0.6 is 0 Å². The molecule has 4 N–H and O–H groups in total. The standard InChI is InChI=1S/C31H32FN5O3/c1-34-26(30(33)39)18-27-31(40)37(28(19-35-27)23-12-14-24(32)15-13-23)20-29(38)36-25(16-21-8-4-2-5-9-21)17-22-10-6-3-7-11-22/h2-15,19,25-26,34H,16-18,20H2,1H3,(H2,33,39)(H,36,38)/t26-/m0/s1. The zero-order chi connectivity index (χ0) is 28.5. The van der Waals surface area contributed by atoms with Gasteiger partial charge in [0.1, 0.15) is 18.1 Å². The van der Waals surface area contributed by atoms with Crippen molar-refractivity contribution in [3.05, 3.63) is 124 Å². The van der Waals surface area contributed by atoms with E-state index in [0.29, 0.717) is 24.1 Å². The maximum absolute atomic E-state index is 13.6. The lowest BCUT2D eigenvalue weighted by atomic mass is 9.99. The Morgan fingerprint density at radius 2 is 1.48 bits per heavy atom. The van der Waals surface area contributed by atoms with Crippen LogP contribution in [0.1, 0.15) is 16.8 Å². The minimum atomic E-state index is -0.805. The highest BCUT2D eigenvalue weighted by Gasteiger charge is 2.21. The molecule has 1 aromatic heterocycles. The van der Waals surface area contributed by atoms with Crippen molar-refractivity contribution in [2.45, 2.75) is 37.9 Å². The highest BCUT2D eigenvalue weighted by Crippen LogP contribution is 2.18. The molecule has 40 heavy (non-hydrogen) atoms. The van der Waals surface area contributed by atoms with Crippen molar-refractivity contribution in [1.29, 1.82) is 0 Å². The molecule has 0 bridgehead atoms. The van der Waals surface area contributed by atoms with Gasteiger partial charge in [-0.25, -0.2) is 4.39 Å². The first-order valence-corrected chi connectivity index (χ1v) is 13.0. The third kappa shape index (κ3) is 7.48. The van der Waals surface area contributed by atoms with Crippen molar-refractivity contribution in [1.82, 2.24) is 20.2 Å². The van der Waals surface area contributed by atoms with Crippen molar-refractivity contribution in [3.8, 4) is 11.3 Å². The number of likely N-dealkylation sites (N-methyl/N-ethyl adjacent to an activating group) is 1. The monoisotopic (exact) mass is 541 g/mol. The van der Waals surface area contributed by atoms with Crippen molar-refractivity contribution in [3.63, 3.8) is 0 Å². The van der Waals surface area contributed by atoms with Gasteiger partial charge in [0, 0.05) is 18.0 Å². The second-order valence-corrected chi connectivity index (χ2v) is 9.58. The molecular weight excluding hydrogens is 509 g/mol. The molecule has 0 aliphatic carbocycles. The Balaban J connectivity index is 1.64.